The number of hydrogen-bond donors (Lipinski definition) is 1. The Balaban J connectivity index is 1.64. The average Bonchev–Trinajstić information content (AvgIpc) is 2.88. The molecule has 1 aromatic carbocycles. The van der Waals surface area contributed by atoms with E-state index >= 15 is 0 Å². The third-order valence-corrected chi connectivity index (χ3v) is 6.74. The van der Waals surface area contributed by atoms with Crippen molar-refractivity contribution in [3.8, 4) is 17.0 Å². The lowest BCUT2D eigenvalue weighted by Crippen LogP contribution is -2.45. The monoisotopic (exact) mass is 464 g/mol. The summed E-state index contributed by atoms with van der Waals surface area (Å²) in [5.74, 6) is 1.62. The molecule has 2 aromatic heterocycles. The predicted molar refractivity (Wildman–Crippen MR) is 133 cm³/mol. The van der Waals surface area contributed by atoms with Crippen molar-refractivity contribution in [3.63, 3.8) is 0 Å². The minimum atomic E-state index is -0.0963. The van der Waals surface area contributed by atoms with Gasteiger partial charge in [0.05, 0.1) is 63.1 Å². The molecule has 8 nitrogen and oxygen atoms in total. The molecule has 0 saturated carbocycles. The van der Waals surface area contributed by atoms with E-state index in [1.54, 1.807) is 7.11 Å². The number of pyridine rings is 2. The number of aliphatic hydroxyl groups excluding tert-OH is 1. The molecule has 2 aliphatic heterocycles. The van der Waals surface area contributed by atoms with E-state index in [4.69, 9.17) is 24.2 Å². The van der Waals surface area contributed by atoms with Gasteiger partial charge in [0, 0.05) is 47.9 Å². The molecule has 0 amide bonds. The summed E-state index contributed by atoms with van der Waals surface area (Å²) < 4.78 is 16.7. The number of anilines is 2. The molecule has 2 saturated heterocycles. The largest absolute Gasteiger partial charge is 0.496 e. The number of fused-ring (bicyclic) bond motifs is 1. The van der Waals surface area contributed by atoms with Crippen molar-refractivity contribution < 1.29 is 19.3 Å². The van der Waals surface area contributed by atoms with Crippen LogP contribution in [-0.4, -0.2) is 73.8 Å². The number of rotatable bonds is 5. The number of ether oxygens (including phenoxy) is 3. The zero-order valence-corrected chi connectivity index (χ0v) is 20.0. The van der Waals surface area contributed by atoms with Gasteiger partial charge in [0.25, 0.3) is 0 Å². The zero-order valence-electron chi connectivity index (χ0n) is 20.0. The highest BCUT2D eigenvalue weighted by Gasteiger charge is 2.26. The third kappa shape index (κ3) is 4.29. The molecule has 0 spiro atoms. The van der Waals surface area contributed by atoms with Crippen LogP contribution in [0.1, 0.15) is 19.4 Å². The minimum absolute atomic E-state index is 0.0963. The second-order valence-corrected chi connectivity index (χ2v) is 9.01. The average molecular weight is 465 g/mol. The van der Waals surface area contributed by atoms with E-state index in [0.717, 1.165) is 52.3 Å². The van der Waals surface area contributed by atoms with Crippen LogP contribution in [0.2, 0.25) is 0 Å². The van der Waals surface area contributed by atoms with Gasteiger partial charge in [0.15, 0.2) is 0 Å². The molecule has 2 aliphatic rings. The predicted octanol–water partition coefficient (Wildman–Crippen LogP) is 3.25. The molecule has 3 aromatic rings. The molecule has 34 heavy (non-hydrogen) atoms. The van der Waals surface area contributed by atoms with Crippen molar-refractivity contribution in [1.29, 1.82) is 0 Å². The summed E-state index contributed by atoms with van der Waals surface area (Å²) >= 11 is 0. The standard InChI is InChI=1S/C26H32N4O4/c1-17-15-33-8-6-29(17)24-12-26(30-7-9-34-16-18(30)2)28-23-11-22(27-13-21(23)24)19-4-5-25(32-3)20(10-19)14-31/h4-5,10-13,17-18,31H,6-9,14-16H2,1-3H3/t17-,18-/m0/s1. The number of aromatic nitrogens is 2. The van der Waals surface area contributed by atoms with Crippen LogP contribution in [0.25, 0.3) is 22.2 Å². The van der Waals surface area contributed by atoms with Gasteiger partial charge in [-0.3, -0.25) is 4.98 Å². The second-order valence-electron chi connectivity index (χ2n) is 9.01. The highest BCUT2D eigenvalue weighted by atomic mass is 16.5. The molecule has 1 N–H and O–H groups in total. The Bertz CT molecular complexity index is 1170. The number of hydrogen-bond acceptors (Lipinski definition) is 8. The summed E-state index contributed by atoms with van der Waals surface area (Å²) in [6.45, 7) is 8.72. The van der Waals surface area contributed by atoms with Crippen molar-refractivity contribution in [2.75, 3.05) is 56.4 Å². The lowest BCUT2D eigenvalue weighted by molar-refractivity contribution is 0.0981. The number of methoxy groups -OCH3 is 1. The Kier molecular flexibility index (Phi) is 6.54. The molecular formula is C26H32N4O4. The quantitative estimate of drug-likeness (QED) is 0.617. The molecule has 4 heterocycles. The normalized spacial score (nSPS) is 21.2. The van der Waals surface area contributed by atoms with Gasteiger partial charge < -0.3 is 29.1 Å². The molecule has 0 radical (unpaired) electrons. The molecule has 0 unspecified atom stereocenters. The number of morpholine rings is 2. The van der Waals surface area contributed by atoms with Crippen LogP contribution in [0.3, 0.4) is 0 Å². The number of benzene rings is 1. The summed E-state index contributed by atoms with van der Waals surface area (Å²) in [5, 5.41) is 10.8. The maximum atomic E-state index is 9.76. The van der Waals surface area contributed by atoms with Crippen molar-refractivity contribution in [2.24, 2.45) is 0 Å². The fourth-order valence-electron chi connectivity index (χ4n) is 4.85. The molecule has 2 atom stereocenters. The lowest BCUT2D eigenvalue weighted by Gasteiger charge is -2.38. The highest BCUT2D eigenvalue weighted by molar-refractivity contribution is 5.95. The number of aliphatic hydroxyl groups is 1. The fourth-order valence-corrected chi connectivity index (χ4v) is 4.85. The minimum Gasteiger partial charge on any atom is -0.496 e. The maximum Gasteiger partial charge on any atom is 0.131 e. The van der Waals surface area contributed by atoms with Gasteiger partial charge in [-0.1, -0.05) is 0 Å². The van der Waals surface area contributed by atoms with E-state index in [2.05, 4.69) is 29.7 Å². The second kappa shape index (κ2) is 9.74. The first-order chi connectivity index (χ1) is 16.6. The Hall–Kier alpha value is -2.94. The first-order valence-electron chi connectivity index (χ1n) is 11.9. The molecule has 180 valence electrons. The van der Waals surface area contributed by atoms with Gasteiger partial charge in [-0.05, 0) is 38.1 Å². The van der Waals surface area contributed by atoms with Gasteiger partial charge in [-0.25, -0.2) is 4.98 Å². The summed E-state index contributed by atoms with van der Waals surface area (Å²) in [4.78, 5) is 14.6. The topological polar surface area (TPSA) is 80.2 Å². The maximum absolute atomic E-state index is 9.76. The molecule has 2 fully saturated rings. The molecule has 5 rings (SSSR count). The Morgan fingerprint density at radius 3 is 2.44 bits per heavy atom. The van der Waals surface area contributed by atoms with Crippen molar-refractivity contribution in [3.05, 3.63) is 42.1 Å². The van der Waals surface area contributed by atoms with E-state index in [0.29, 0.717) is 32.2 Å². The molecule has 8 heteroatoms. The summed E-state index contributed by atoms with van der Waals surface area (Å²) in [5.41, 5.74) is 4.50. The van der Waals surface area contributed by atoms with Crippen LogP contribution < -0.4 is 14.5 Å². The van der Waals surface area contributed by atoms with E-state index in [-0.39, 0.29) is 18.7 Å². The fraction of sp³-hybridized carbons (Fsp3) is 0.462. The van der Waals surface area contributed by atoms with Gasteiger partial charge in [-0.2, -0.15) is 0 Å². The number of nitrogens with zero attached hydrogens (tertiary/aromatic N) is 4. The van der Waals surface area contributed by atoms with Crippen LogP contribution in [0.5, 0.6) is 5.75 Å². The molecule has 0 bridgehead atoms. The van der Waals surface area contributed by atoms with Crippen LogP contribution in [0.15, 0.2) is 36.5 Å². The third-order valence-electron chi connectivity index (χ3n) is 6.74. The van der Waals surface area contributed by atoms with E-state index in [9.17, 15) is 5.11 Å². The van der Waals surface area contributed by atoms with Gasteiger partial charge in [-0.15, -0.1) is 0 Å². The first-order valence-corrected chi connectivity index (χ1v) is 11.9. The van der Waals surface area contributed by atoms with Gasteiger partial charge >= 0.3 is 0 Å². The zero-order chi connectivity index (χ0) is 23.7. The first kappa shape index (κ1) is 22.8. The van der Waals surface area contributed by atoms with Crippen LogP contribution in [0.4, 0.5) is 11.5 Å². The van der Waals surface area contributed by atoms with Crippen molar-refractivity contribution in [1.82, 2.24) is 9.97 Å². The summed E-state index contributed by atoms with van der Waals surface area (Å²) in [7, 11) is 1.61. The van der Waals surface area contributed by atoms with Crippen molar-refractivity contribution in [2.45, 2.75) is 32.5 Å². The van der Waals surface area contributed by atoms with Gasteiger partial charge in [0.2, 0.25) is 0 Å². The molecular weight excluding hydrogens is 432 g/mol. The van der Waals surface area contributed by atoms with E-state index in [1.165, 1.54) is 0 Å². The Labute approximate surface area is 200 Å². The summed E-state index contributed by atoms with van der Waals surface area (Å²) in [6.07, 6.45) is 1.92. The summed E-state index contributed by atoms with van der Waals surface area (Å²) in [6, 6.07) is 10.5. The van der Waals surface area contributed by atoms with Crippen LogP contribution in [-0.2, 0) is 16.1 Å². The molecule has 0 aliphatic carbocycles. The SMILES string of the molecule is COc1ccc(-c2cc3nc(N4CCOC[C@@H]4C)cc(N4CCOC[C@@H]4C)c3cn2)cc1CO. The van der Waals surface area contributed by atoms with Crippen molar-refractivity contribution >= 4 is 22.4 Å². The van der Waals surface area contributed by atoms with Crippen LogP contribution in [0, 0.1) is 0 Å². The van der Waals surface area contributed by atoms with E-state index in [1.807, 2.05) is 30.5 Å². The smallest absolute Gasteiger partial charge is 0.131 e. The Morgan fingerprint density at radius 1 is 1.03 bits per heavy atom. The van der Waals surface area contributed by atoms with E-state index < -0.39 is 0 Å². The lowest BCUT2D eigenvalue weighted by atomic mass is 10.0. The van der Waals surface area contributed by atoms with Crippen LogP contribution >= 0.6 is 0 Å². The Morgan fingerprint density at radius 2 is 1.76 bits per heavy atom. The van der Waals surface area contributed by atoms with Gasteiger partial charge in [0.1, 0.15) is 11.6 Å². The highest BCUT2D eigenvalue weighted by Crippen LogP contribution is 2.35.